The number of hydrogen-bond acceptors (Lipinski definition) is 2. The highest BCUT2D eigenvalue weighted by atomic mass is 32.1. The van der Waals surface area contributed by atoms with Crippen molar-refractivity contribution in [2.75, 3.05) is 0 Å². The van der Waals surface area contributed by atoms with Gasteiger partial charge in [0.1, 0.15) is 11.2 Å². The number of rotatable bonds is 3. The average molecular weight is 681 g/mol. The van der Waals surface area contributed by atoms with Crippen molar-refractivity contribution in [2.24, 2.45) is 0 Å². The lowest BCUT2D eigenvalue weighted by Crippen LogP contribution is -1.96. The second-order valence-corrected chi connectivity index (χ2v) is 14.7. The van der Waals surface area contributed by atoms with Gasteiger partial charge in [0.2, 0.25) is 0 Å². The number of aromatic nitrogens is 2. The fourth-order valence-electron chi connectivity index (χ4n) is 8.66. The normalized spacial score (nSPS) is 12.2. The summed E-state index contributed by atoms with van der Waals surface area (Å²) >= 11 is 1.88. The highest BCUT2D eigenvalue weighted by molar-refractivity contribution is 7.26. The van der Waals surface area contributed by atoms with Crippen LogP contribution in [0.1, 0.15) is 0 Å². The van der Waals surface area contributed by atoms with Crippen molar-refractivity contribution in [2.45, 2.75) is 0 Å². The second-order valence-electron chi connectivity index (χ2n) is 13.7. The minimum Gasteiger partial charge on any atom is -0.455 e. The Hall–Kier alpha value is -6.62. The van der Waals surface area contributed by atoms with Gasteiger partial charge in [0.15, 0.2) is 0 Å². The van der Waals surface area contributed by atoms with E-state index in [0.29, 0.717) is 0 Å². The Bertz CT molecular complexity index is 3360. The zero-order chi connectivity index (χ0) is 33.9. The predicted molar refractivity (Wildman–Crippen MR) is 221 cm³/mol. The molecule has 0 saturated carbocycles. The molecule has 0 radical (unpaired) electrons. The van der Waals surface area contributed by atoms with E-state index < -0.39 is 0 Å². The number of hydrogen-bond donors (Lipinski definition) is 0. The van der Waals surface area contributed by atoms with E-state index in [1.54, 1.807) is 0 Å². The van der Waals surface area contributed by atoms with Gasteiger partial charge in [-0.15, -0.1) is 11.3 Å². The van der Waals surface area contributed by atoms with Crippen LogP contribution in [-0.4, -0.2) is 9.13 Å². The van der Waals surface area contributed by atoms with Crippen LogP contribution in [-0.2, 0) is 0 Å². The van der Waals surface area contributed by atoms with Crippen LogP contribution in [0.15, 0.2) is 174 Å². The van der Waals surface area contributed by atoms with Crippen LogP contribution in [0.4, 0.5) is 0 Å². The van der Waals surface area contributed by atoms with E-state index in [9.17, 15) is 0 Å². The Kier molecular flexibility index (Phi) is 5.65. The molecule has 4 aromatic heterocycles. The Morgan fingerprint density at radius 2 is 1.02 bits per heavy atom. The summed E-state index contributed by atoms with van der Waals surface area (Å²) in [6.07, 6.45) is 0. The molecule has 3 nitrogen and oxygen atoms in total. The summed E-state index contributed by atoms with van der Waals surface area (Å²) in [5.41, 5.74) is 11.2. The lowest BCUT2D eigenvalue weighted by atomic mass is 10.0. The molecule has 8 aromatic carbocycles. The number of para-hydroxylation sites is 3. The van der Waals surface area contributed by atoms with Crippen LogP contribution < -0.4 is 0 Å². The third kappa shape index (κ3) is 3.79. The van der Waals surface area contributed by atoms with Crippen molar-refractivity contribution >= 4 is 97.1 Å². The minimum absolute atomic E-state index is 0.907. The molecular weight excluding hydrogens is 653 g/mol. The maximum absolute atomic E-state index is 6.72. The molecule has 4 heteroatoms. The van der Waals surface area contributed by atoms with Crippen molar-refractivity contribution in [3.63, 3.8) is 0 Å². The van der Waals surface area contributed by atoms with E-state index in [1.807, 2.05) is 17.4 Å². The monoisotopic (exact) mass is 680 g/mol. The van der Waals surface area contributed by atoms with Crippen LogP contribution in [0.5, 0.6) is 0 Å². The van der Waals surface area contributed by atoms with Crippen molar-refractivity contribution in [3.05, 3.63) is 170 Å². The van der Waals surface area contributed by atoms with E-state index >= 15 is 0 Å². The highest BCUT2D eigenvalue weighted by Gasteiger charge is 2.21. The van der Waals surface area contributed by atoms with Gasteiger partial charge in [-0.1, -0.05) is 103 Å². The number of nitrogens with zero attached hydrogens (tertiary/aromatic N) is 2. The van der Waals surface area contributed by atoms with E-state index in [2.05, 4.69) is 173 Å². The fourth-order valence-corrected chi connectivity index (χ4v) is 9.89. The molecule has 0 atom stereocenters. The van der Waals surface area contributed by atoms with Gasteiger partial charge in [-0.25, -0.2) is 0 Å². The molecule has 242 valence electrons. The Labute approximate surface area is 301 Å². The molecule has 0 bridgehead atoms. The molecule has 0 N–H and O–H groups in total. The number of furan rings is 1. The van der Waals surface area contributed by atoms with E-state index in [0.717, 1.165) is 55.1 Å². The first-order chi connectivity index (χ1) is 25.8. The average Bonchev–Trinajstić information content (AvgIpc) is 3.95. The van der Waals surface area contributed by atoms with Gasteiger partial charge < -0.3 is 13.6 Å². The summed E-state index contributed by atoms with van der Waals surface area (Å²) < 4.78 is 14.2. The third-order valence-corrected chi connectivity index (χ3v) is 12.2. The van der Waals surface area contributed by atoms with Crippen molar-refractivity contribution < 1.29 is 4.42 Å². The van der Waals surface area contributed by atoms with Crippen molar-refractivity contribution in [1.29, 1.82) is 0 Å². The lowest BCUT2D eigenvalue weighted by molar-refractivity contribution is 0.673. The van der Waals surface area contributed by atoms with Crippen molar-refractivity contribution in [3.8, 4) is 22.5 Å². The quantitative estimate of drug-likeness (QED) is 0.182. The summed E-state index contributed by atoms with van der Waals surface area (Å²) in [7, 11) is 0. The number of benzene rings is 8. The van der Waals surface area contributed by atoms with Gasteiger partial charge in [-0.3, -0.25) is 0 Å². The zero-order valence-corrected chi connectivity index (χ0v) is 28.7. The standard InChI is InChI=1S/C48H28N2OS/c1-5-16-40-33(10-1)34-11-2-6-17-41(34)50(40)31-24-26-42-39(28-31)46-43(27-25-37-35-12-3-7-18-44(35)51-47(37)46)49(42)30-22-20-29(21-23-30)32-14-9-15-38-36-13-4-8-19-45(36)52-48(32)38/h1-28H. The lowest BCUT2D eigenvalue weighted by Gasteiger charge is -2.11. The molecule has 0 amide bonds. The molecule has 0 aliphatic carbocycles. The molecule has 0 aliphatic rings. The molecule has 0 saturated heterocycles. The first kappa shape index (κ1) is 28.1. The number of fused-ring (bicyclic) bond motifs is 13. The Morgan fingerprint density at radius 3 is 1.83 bits per heavy atom. The molecule has 0 aliphatic heterocycles. The predicted octanol–water partition coefficient (Wildman–Crippen LogP) is 13.8. The van der Waals surface area contributed by atoms with Gasteiger partial charge in [0, 0.05) is 58.5 Å². The topological polar surface area (TPSA) is 23.0 Å². The van der Waals surface area contributed by atoms with Gasteiger partial charge in [0.25, 0.3) is 0 Å². The van der Waals surface area contributed by atoms with Gasteiger partial charge in [0.05, 0.1) is 27.5 Å². The molecule has 12 rings (SSSR count). The first-order valence-corrected chi connectivity index (χ1v) is 18.5. The van der Waals surface area contributed by atoms with Crippen LogP contribution in [0.25, 0.3) is 108 Å². The van der Waals surface area contributed by atoms with E-state index in [1.165, 1.54) is 53.1 Å². The summed E-state index contributed by atoms with van der Waals surface area (Å²) in [5.74, 6) is 0. The second kappa shape index (κ2) is 10.5. The molecule has 12 aromatic rings. The smallest absolute Gasteiger partial charge is 0.145 e. The first-order valence-electron chi connectivity index (χ1n) is 17.7. The zero-order valence-electron chi connectivity index (χ0n) is 27.9. The molecule has 52 heavy (non-hydrogen) atoms. The maximum atomic E-state index is 6.72. The molecular formula is C48H28N2OS. The van der Waals surface area contributed by atoms with Gasteiger partial charge in [-0.05, 0) is 77.9 Å². The SMILES string of the molecule is c1ccc2c(c1)oc1c2ccc2c1c1cc(-n3c4ccccc4c4ccccc43)ccc1n2-c1ccc(-c2cccc3c2sc2ccccc23)cc1. The molecule has 0 spiro atoms. The number of thiophene rings is 1. The van der Waals surface area contributed by atoms with E-state index in [-0.39, 0.29) is 0 Å². The van der Waals surface area contributed by atoms with Gasteiger partial charge >= 0.3 is 0 Å². The van der Waals surface area contributed by atoms with E-state index in [4.69, 9.17) is 4.42 Å². The summed E-state index contributed by atoms with van der Waals surface area (Å²) in [6.45, 7) is 0. The Morgan fingerprint density at radius 1 is 0.404 bits per heavy atom. The van der Waals surface area contributed by atoms with Crippen LogP contribution in [0.3, 0.4) is 0 Å². The largest absolute Gasteiger partial charge is 0.455 e. The molecule has 0 unspecified atom stereocenters. The highest BCUT2D eigenvalue weighted by Crippen LogP contribution is 2.43. The van der Waals surface area contributed by atoms with Crippen LogP contribution >= 0.6 is 11.3 Å². The van der Waals surface area contributed by atoms with Crippen LogP contribution in [0, 0.1) is 0 Å². The third-order valence-electron chi connectivity index (χ3n) is 10.9. The summed E-state index contributed by atoms with van der Waals surface area (Å²) in [6, 6.07) is 61.7. The molecule has 0 fully saturated rings. The van der Waals surface area contributed by atoms with Gasteiger partial charge in [-0.2, -0.15) is 0 Å². The minimum atomic E-state index is 0.907. The van der Waals surface area contributed by atoms with Crippen molar-refractivity contribution in [1.82, 2.24) is 9.13 Å². The maximum Gasteiger partial charge on any atom is 0.145 e. The summed E-state index contributed by atoms with van der Waals surface area (Å²) in [5, 5.41) is 9.72. The van der Waals surface area contributed by atoms with Crippen LogP contribution in [0.2, 0.25) is 0 Å². The fraction of sp³-hybridized carbons (Fsp3) is 0. The summed E-state index contributed by atoms with van der Waals surface area (Å²) in [4.78, 5) is 0. The Balaban J connectivity index is 1.11. The molecule has 4 heterocycles.